The van der Waals surface area contributed by atoms with Gasteiger partial charge in [-0.2, -0.15) is 0 Å². The van der Waals surface area contributed by atoms with Gasteiger partial charge >= 0.3 is 0 Å². The van der Waals surface area contributed by atoms with E-state index >= 15 is 0 Å². The van der Waals surface area contributed by atoms with Crippen molar-refractivity contribution in [2.24, 2.45) is 0 Å². The molecule has 4 nitrogen and oxygen atoms in total. The summed E-state index contributed by atoms with van der Waals surface area (Å²) in [5, 5.41) is 0. The standard InChI is InChI=1S/C18H18FNO3/c1-22-15-7-6-12(10-16(15)23-2)11-17(21)20-9-8-13-4-3-5-14(19)18(13)20/h3-7,10H,8-9,11H2,1-2H3. The summed E-state index contributed by atoms with van der Waals surface area (Å²) in [6.07, 6.45) is 0.874. The van der Waals surface area contributed by atoms with Crippen molar-refractivity contribution < 1.29 is 18.7 Å². The fourth-order valence-electron chi connectivity index (χ4n) is 2.92. The molecule has 1 aliphatic heterocycles. The molecule has 1 heterocycles. The Bertz CT molecular complexity index is 745. The van der Waals surface area contributed by atoms with E-state index in [1.807, 2.05) is 12.1 Å². The number of para-hydroxylation sites is 1. The van der Waals surface area contributed by atoms with E-state index in [0.717, 1.165) is 11.1 Å². The van der Waals surface area contributed by atoms with Gasteiger partial charge in [0, 0.05) is 6.54 Å². The number of carbonyl (C=O) groups excluding carboxylic acids is 1. The van der Waals surface area contributed by atoms with Gasteiger partial charge in [0.1, 0.15) is 5.82 Å². The second-order valence-corrected chi connectivity index (χ2v) is 5.41. The van der Waals surface area contributed by atoms with Gasteiger partial charge in [-0.05, 0) is 35.7 Å². The Kier molecular flexibility index (Phi) is 4.19. The van der Waals surface area contributed by atoms with E-state index in [9.17, 15) is 9.18 Å². The highest BCUT2D eigenvalue weighted by Gasteiger charge is 2.27. The van der Waals surface area contributed by atoms with E-state index in [2.05, 4.69) is 0 Å². The zero-order valence-corrected chi connectivity index (χ0v) is 13.1. The minimum Gasteiger partial charge on any atom is -0.493 e. The number of benzene rings is 2. The zero-order chi connectivity index (χ0) is 16.4. The Morgan fingerprint density at radius 3 is 2.70 bits per heavy atom. The molecule has 0 unspecified atom stereocenters. The van der Waals surface area contributed by atoms with Crippen LogP contribution in [-0.2, 0) is 17.6 Å². The molecule has 0 radical (unpaired) electrons. The van der Waals surface area contributed by atoms with Crippen LogP contribution in [-0.4, -0.2) is 26.7 Å². The predicted octanol–water partition coefficient (Wildman–Crippen LogP) is 2.97. The molecule has 3 rings (SSSR count). The molecular formula is C18H18FNO3. The van der Waals surface area contributed by atoms with Gasteiger partial charge in [0.15, 0.2) is 11.5 Å². The van der Waals surface area contributed by atoms with Crippen molar-refractivity contribution in [3.63, 3.8) is 0 Å². The third-order valence-corrected chi connectivity index (χ3v) is 4.05. The first-order valence-corrected chi connectivity index (χ1v) is 7.42. The molecular weight excluding hydrogens is 297 g/mol. The monoisotopic (exact) mass is 315 g/mol. The first-order chi connectivity index (χ1) is 11.1. The van der Waals surface area contributed by atoms with Crippen molar-refractivity contribution in [1.82, 2.24) is 0 Å². The summed E-state index contributed by atoms with van der Waals surface area (Å²) >= 11 is 0. The highest BCUT2D eigenvalue weighted by molar-refractivity contribution is 5.96. The van der Waals surface area contributed by atoms with Crippen molar-refractivity contribution >= 4 is 11.6 Å². The summed E-state index contributed by atoms with van der Waals surface area (Å²) in [4.78, 5) is 14.1. The maximum absolute atomic E-state index is 14.0. The van der Waals surface area contributed by atoms with Crippen molar-refractivity contribution in [1.29, 1.82) is 0 Å². The number of methoxy groups -OCH3 is 2. The van der Waals surface area contributed by atoms with Crippen LogP contribution in [0.1, 0.15) is 11.1 Å². The summed E-state index contributed by atoms with van der Waals surface area (Å²) < 4.78 is 24.5. The summed E-state index contributed by atoms with van der Waals surface area (Å²) in [5.41, 5.74) is 2.10. The second-order valence-electron chi connectivity index (χ2n) is 5.41. The Balaban J connectivity index is 1.82. The molecule has 0 bridgehead atoms. The number of ether oxygens (including phenoxy) is 2. The van der Waals surface area contributed by atoms with Gasteiger partial charge < -0.3 is 14.4 Å². The molecule has 2 aromatic rings. The first-order valence-electron chi connectivity index (χ1n) is 7.42. The SMILES string of the molecule is COc1ccc(CC(=O)N2CCc3cccc(F)c32)cc1OC. The quantitative estimate of drug-likeness (QED) is 0.871. The maximum Gasteiger partial charge on any atom is 0.231 e. The fourth-order valence-corrected chi connectivity index (χ4v) is 2.92. The highest BCUT2D eigenvalue weighted by Crippen LogP contribution is 2.32. The second kappa shape index (κ2) is 6.28. The molecule has 0 saturated carbocycles. The van der Waals surface area contributed by atoms with Crippen LogP contribution in [0, 0.1) is 5.82 Å². The van der Waals surface area contributed by atoms with Gasteiger partial charge in [-0.3, -0.25) is 4.79 Å². The van der Waals surface area contributed by atoms with Gasteiger partial charge in [0.2, 0.25) is 5.91 Å². The molecule has 0 atom stereocenters. The minimum absolute atomic E-state index is 0.124. The largest absolute Gasteiger partial charge is 0.493 e. The average Bonchev–Trinajstić information content (AvgIpc) is 3.00. The van der Waals surface area contributed by atoms with Gasteiger partial charge in [0.25, 0.3) is 0 Å². The third-order valence-electron chi connectivity index (χ3n) is 4.05. The van der Waals surface area contributed by atoms with Crippen molar-refractivity contribution in [3.05, 3.63) is 53.3 Å². The molecule has 0 saturated heterocycles. The summed E-state index contributed by atoms with van der Waals surface area (Å²) in [5.74, 6) is 0.716. The normalized spacial score (nSPS) is 12.9. The molecule has 0 aromatic heterocycles. The Morgan fingerprint density at radius 1 is 1.17 bits per heavy atom. The summed E-state index contributed by atoms with van der Waals surface area (Å²) in [7, 11) is 3.11. The topological polar surface area (TPSA) is 38.8 Å². The third kappa shape index (κ3) is 2.86. The number of carbonyl (C=O) groups is 1. The van der Waals surface area contributed by atoms with Crippen LogP contribution in [0.5, 0.6) is 11.5 Å². The molecule has 0 aliphatic carbocycles. The number of fused-ring (bicyclic) bond motifs is 1. The molecule has 120 valence electrons. The first kappa shape index (κ1) is 15.3. The Hall–Kier alpha value is -2.56. The lowest BCUT2D eigenvalue weighted by atomic mass is 10.1. The average molecular weight is 315 g/mol. The number of hydrogen-bond donors (Lipinski definition) is 0. The van der Waals surface area contributed by atoms with Gasteiger partial charge in [-0.1, -0.05) is 18.2 Å². The van der Waals surface area contributed by atoms with Crippen molar-refractivity contribution in [2.75, 3.05) is 25.7 Å². The Labute approximate surface area is 134 Å². The molecule has 1 amide bonds. The van der Waals surface area contributed by atoms with Gasteiger partial charge in [0.05, 0.1) is 26.3 Å². The van der Waals surface area contributed by atoms with Crippen LogP contribution < -0.4 is 14.4 Å². The van der Waals surface area contributed by atoms with Crippen LogP contribution in [0.2, 0.25) is 0 Å². The van der Waals surface area contributed by atoms with Crippen molar-refractivity contribution in [2.45, 2.75) is 12.8 Å². The highest BCUT2D eigenvalue weighted by atomic mass is 19.1. The van der Waals surface area contributed by atoms with E-state index in [-0.39, 0.29) is 18.1 Å². The lowest BCUT2D eigenvalue weighted by Gasteiger charge is -2.18. The zero-order valence-electron chi connectivity index (χ0n) is 13.1. The molecule has 0 spiro atoms. The van der Waals surface area contributed by atoms with E-state index in [1.54, 1.807) is 32.4 Å². The number of amides is 1. The van der Waals surface area contributed by atoms with Crippen LogP contribution in [0.4, 0.5) is 10.1 Å². The van der Waals surface area contributed by atoms with E-state index in [1.165, 1.54) is 11.0 Å². The number of nitrogens with zero attached hydrogens (tertiary/aromatic N) is 1. The smallest absolute Gasteiger partial charge is 0.231 e. The number of halogens is 1. The molecule has 0 fully saturated rings. The molecule has 5 heteroatoms. The maximum atomic E-state index is 14.0. The molecule has 0 N–H and O–H groups in total. The number of rotatable bonds is 4. The minimum atomic E-state index is -0.347. The molecule has 2 aromatic carbocycles. The predicted molar refractivity (Wildman–Crippen MR) is 85.7 cm³/mol. The Morgan fingerprint density at radius 2 is 1.96 bits per heavy atom. The molecule has 1 aliphatic rings. The van der Waals surface area contributed by atoms with Crippen LogP contribution in [0.15, 0.2) is 36.4 Å². The number of anilines is 1. The summed E-state index contributed by atoms with van der Waals surface area (Å²) in [6, 6.07) is 10.3. The van der Waals surface area contributed by atoms with E-state index in [4.69, 9.17) is 9.47 Å². The van der Waals surface area contributed by atoms with Gasteiger partial charge in [-0.15, -0.1) is 0 Å². The number of hydrogen-bond acceptors (Lipinski definition) is 3. The van der Waals surface area contributed by atoms with E-state index in [0.29, 0.717) is 30.2 Å². The fraction of sp³-hybridized carbons (Fsp3) is 0.278. The van der Waals surface area contributed by atoms with Crippen LogP contribution in [0.25, 0.3) is 0 Å². The lowest BCUT2D eigenvalue weighted by molar-refractivity contribution is -0.117. The lowest BCUT2D eigenvalue weighted by Crippen LogP contribution is -2.31. The van der Waals surface area contributed by atoms with E-state index < -0.39 is 0 Å². The van der Waals surface area contributed by atoms with Gasteiger partial charge in [-0.25, -0.2) is 4.39 Å². The molecule has 23 heavy (non-hydrogen) atoms. The van der Waals surface area contributed by atoms with Crippen LogP contribution >= 0.6 is 0 Å². The van der Waals surface area contributed by atoms with Crippen molar-refractivity contribution in [3.8, 4) is 11.5 Å². The summed E-state index contributed by atoms with van der Waals surface area (Å²) in [6.45, 7) is 0.516. The van der Waals surface area contributed by atoms with Crippen LogP contribution in [0.3, 0.4) is 0 Å².